The summed E-state index contributed by atoms with van der Waals surface area (Å²) in [6.45, 7) is 0. The number of rotatable bonds is 2. The molecule has 122 valence electrons. The third-order valence-electron chi connectivity index (χ3n) is 2.76. The van der Waals surface area contributed by atoms with Gasteiger partial charge in [0.1, 0.15) is 16.7 Å². The Balaban J connectivity index is 2.70. The highest BCUT2D eigenvalue weighted by Gasteiger charge is 2.32. The van der Waals surface area contributed by atoms with Crippen molar-refractivity contribution in [3.05, 3.63) is 39.6 Å². The third-order valence-corrected chi connectivity index (χ3v) is 4.43. The van der Waals surface area contributed by atoms with Crippen LogP contribution in [0.2, 0.25) is 10.0 Å². The Bertz CT molecular complexity index is 907. The van der Waals surface area contributed by atoms with Gasteiger partial charge in [-0.2, -0.15) is 23.5 Å². The maximum absolute atomic E-state index is 12.7. The quantitative estimate of drug-likeness (QED) is 0.795. The predicted octanol–water partition coefficient (Wildman–Crippen LogP) is 3.47. The lowest BCUT2D eigenvalue weighted by molar-refractivity contribution is -0.137. The van der Waals surface area contributed by atoms with E-state index in [-0.39, 0.29) is 10.6 Å². The van der Waals surface area contributed by atoms with Crippen LogP contribution in [-0.4, -0.2) is 24.5 Å². The maximum Gasteiger partial charge on any atom is 0.416 e. The number of hydrogen-bond donors (Lipinski definition) is 0. The molecule has 0 bridgehead atoms. The summed E-state index contributed by atoms with van der Waals surface area (Å²) in [7, 11) is -3.76. The van der Waals surface area contributed by atoms with Gasteiger partial charge in [-0.3, -0.25) is 0 Å². The minimum atomic E-state index is -4.65. The molecule has 1 aromatic heterocycles. The van der Waals surface area contributed by atoms with Crippen LogP contribution < -0.4 is 0 Å². The fraction of sp³-hybridized carbons (Fsp3) is 0.167. The number of alkyl halides is 3. The van der Waals surface area contributed by atoms with Crippen LogP contribution in [0.25, 0.3) is 5.69 Å². The second-order valence-electron chi connectivity index (χ2n) is 4.46. The zero-order valence-electron chi connectivity index (χ0n) is 11.2. The monoisotopic (exact) mass is 383 g/mol. The Labute approximate surface area is 138 Å². The van der Waals surface area contributed by atoms with E-state index in [9.17, 15) is 21.6 Å². The van der Waals surface area contributed by atoms with Gasteiger partial charge in [0.15, 0.2) is 15.5 Å². The van der Waals surface area contributed by atoms with Crippen molar-refractivity contribution in [3.63, 3.8) is 0 Å². The van der Waals surface area contributed by atoms with Crippen LogP contribution in [0.3, 0.4) is 0 Å². The van der Waals surface area contributed by atoms with Crippen molar-refractivity contribution < 1.29 is 21.6 Å². The van der Waals surface area contributed by atoms with E-state index in [1.54, 1.807) is 6.07 Å². The molecule has 23 heavy (non-hydrogen) atoms. The van der Waals surface area contributed by atoms with Crippen LogP contribution in [0.1, 0.15) is 11.3 Å². The molecular formula is C12H6Cl2F3N3O2S. The van der Waals surface area contributed by atoms with Gasteiger partial charge in [-0.05, 0) is 12.1 Å². The molecule has 0 radical (unpaired) electrons. The molecule has 0 aliphatic carbocycles. The largest absolute Gasteiger partial charge is 0.416 e. The Kier molecular flexibility index (Phi) is 4.36. The fourth-order valence-electron chi connectivity index (χ4n) is 1.77. The van der Waals surface area contributed by atoms with Crippen LogP contribution in [0.15, 0.2) is 23.2 Å². The second kappa shape index (κ2) is 5.70. The second-order valence-corrected chi connectivity index (χ2v) is 7.26. The number of hydrogen-bond acceptors (Lipinski definition) is 4. The van der Waals surface area contributed by atoms with E-state index in [1.807, 2.05) is 0 Å². The summed E-state index contributed by atoms with van der Waals surface area (Å²) in [5, 5.41) is 11.8. The molecule has 2 aromatic rings. The number of nitrogens with zero attached hydrogens (tertiary/aromatic N) is 3. The van der Waals surface area contributed by atoms with Gasteiger partial charge in [-0.1, -0.05) is 23.2 Å². The third kappa shape index (κ3) is 3.44. The first-order chi connectivity index (χ1) is 10.4. The Morgan fingerprint density at radius 1 is 1.26 bits per heavy atom. The molecule has 2 rings (SSSR count). The average Bonchev–Trinajstić information content (AvgIpc) is 2.80. The first-order valence-electron chi connectivity index (χ1n) is 5.71. The van der Waals surface area contributed by atoms with Gasteiger partial charge in [0, 0.05) is 6.26 Å². The molecule has 0 aliphatic rings. The maximum atomic E-state index is 12.7. The van der Waals surface area contributed by atoms with Gasteiger partial charge in [0.2, 0.25) is 0 Å². The number of aromatic nitrogens is 2. The van der Waals surface area contributed by atoms with Gasteiger partial charge in [-0.25, -0.2) is 13.1 Å². The van der Waals surface area contributed by atoms with Gasteiger partial charge in [-0.15, -0.1) is 0 Å². The highest BCUT2D eigenvalue weighted by molar-refractivity contribution is 7.90. The smallest absolute Gasteiger partial charge is 0.235 e. The van der Waals surface area contributed by atoms with Crippen molar-refractivity contribution in [1.29, 1.82) is 5.26 Å². The van der Waals surface area contributed by atoms with Crippen LogP contribution in [0, 0.1) is 11.3 Å². The van der Waals surface area contributed by atoms with E-state index in [0.29, 0.717) is 12.1 Å². The summed E-state index contributed by atoms with van der Waals surface area (Å²) in [4.78, 5) is -0.382. The van der Waals surface area contributed by atoms with Gasteiger partial charge in [0.25, 0.3) is 0 Å². The van der Waals surface area contributed by atoms with E-state index in [1.165, 1.54) is 0 Å². The number of halogens is 5. The Morgan fingerprint density at radius 2 is 1.78 bits per heavy atom. The number of sulfone groups is 1. The van der Waals surface area contributed by atoms with Crippen molar-refractivity contribution in [2.75, 3.05) is 6.26 Å². The summed E-state index contributed by atoms with van der Waals surface area (Å²) >= 11 is 11.6. The van der Waals surface area contributed by atoms with Gasteiger partial charge in [0.05, 0.1) is 21.8 Å². The highest BCUT2D eigenvalue weighted by atomic mass is 35.5. The topological polar surface area (TPSA) is 75.8 Å². The van der Waals surface area contributed by atoms with E-state index in [4.69, 9.17) is 28.5 Å². The van der Waals surface area contributed by atoms with Crippen LogP contribution in [0.5, 0.6) is 0 Å². The SMILES string of the molecule is CS(=O)(=O)c1cn(-c2c(Cl)cc(C(F)(F)F)cc2Cl)nc1C#N. The van der Waals surface area contributed by atoms with Crippen LogP contribution >= 0.6 is 23.2 Å². The summed E-state index contributed by atoms with van der Waals surface area (Å²) < 4.78 is 62.1. The molecule has 0 amide bonds. The van der Waals surface area contributed by atoms with Gasteiger partial charge >= 0.3 is 6.18 Å². The van der Waals surface area contributed by atoms with Crippen molar-refractivity contribution >= 4 is 33.0 Å². The first kappa shape index (κ1) is 17.6. The molecule has 1 aromatic carbocycles. The van der Waals surface area contributed by atoms with E-state index in [2.05, 4.69) is 5.10 Å². The fourth-order valence-corrected chi connectivity index (χ4v) is 3.16. The predicted molar refractivity (Wildman–Crippen MR) is 76.4 cm³/mol. The van der Waals surface area contributed by atoms with Crippen LogP contribution in [-0.2, 0) is 16.0 Å². The molecule has 0 saturated heterocycles. The zero-order valence-corrected chi connectivity index (χ0v) is 13.5. The summed E-state index contributed by atoms with van der Waals surface area (Å²) in [6, 6.07) is 2.86. The minimum absolute atomic E-state index is 0.160. The van der Waals surface area contributed by atoms with Crippen molar-refractivity contribution in [1.82, 2.24) is 9.78 Å². The summed E-state index contributed by atoms with van der Waals surface area (Å²) in [6.07, 6.45) is -2.81. The standard InChI is InChI=1S/C12H6Cl2F3N3O2S/c1-23(21,22)10-5-20(19-9(10)4-18)11-7(13)2-6(3-8(11)14)12(15,16)17/h2-3,5H,1H3. The molecule has 0 fully saturated rings. The van der Waals surface area contributed by atoms with Gasteiger partial charge < -0.3 is 0 Å². The molecule has 11 heteroatoms. The first-order valence-corrected chi connectivity index (χ1v) is 8.36. The molecule has 0 saturated carbocycles. The highest BCUT2D eigenvalue weighted by Crippen LogP contribution is 2.37. The Morgan fingerprint density at radius 3 is 2.13 bits per heavy atom. The Hall–Kier alpha value is -1.76. The van der Waals surface area contributed by atoms with Crippen molar-refractivity contribution in [2.24, 2.45) is 0 Å². The molecule has 1 heterocycles. The van der Waals surface area contributed by atoms with E-state index < -0.39 is 37.3 Å². The molecule has 0 unspecified atom stereocenters. The molecular weight excluding hydrogens is 378 g/mol. The lowest BCUT2D eigenvalue weighted by atomic mass is 10.2. The number of nitriles is 1. The van der Waals surface area contributed by atoms with E-state index in [0.717, 1.165) is 17.1 Å². The zero-order chi connectivity index (χ0) is 17.6. The van der Waals surface area contributed by atoms with E-state index >= 15 is 0 Å². The average molecular weight is 384 g/mol. The van der Waals surface area contributed by atoms with Crippen LogP contribution in [0.4, 0.5) is 13.2 Å². The lowest BCUT2D eigenvalue weighted by Gasteiger charge is -2.12. The molecule has 0 atom stereocenters. The number of benzene rings is 1. The molecule has 0 aliphatic heterocycles. The van der Waals surface area contributed by atoms with Crippen molar-refractivity contribution in [3.8, 4) is 11.8 Å². The van der Waals surface area contributed by atoms with Crippen molar-refractivity contribution in [2.45, 2.75) is 11.1 Å². The lowest BCUT2D eigenvalue weighted by Crippen LogP contribution is -2.07. The molecule has 0 N–H and O–H groups in total. The minimum Gasteiger partial charge on any atom is -0.235 e. The molecule has 0 spiro atoms. The summed E-state index contributed by atoms with van der Waals surface area (Å²) in [5.74, 6) is 0. The molecule has 5 nitrogen and oxygen atoms in total. The summed E-state index contributed by atoms with van der Waals surface area (Å²) in [5.41, 5.74) is -1.64. The normalized spacial score (nSPS) is 12.2.